The normalized spacial score (nSPS) is 20.2. The highest BCUT2D eigenvalue weighted by molar-refractivity contribution is 5.86. The predicted octanol–water partition coefficient (Wildman–Crippen LogP) is 10.6. The van der Waals surface area contributed by atoms with E-state index in [1.54, 1.807) is 5.56 Å². The lowest BCUT2D eigenvalue weighted by Gasteiger charge is -2.24. The lowest BCUT2D eigenvalue weighted by Crippen LogP contribution is -2.24. The molecule has 2 aliphatic carbocycles. The largest absolute Gasteiger partial charge is 0.357 e. The van der Waals surface area contributed by atoms with Gasteiger partial charge >= 0.3 is 0 Å². The number of H-pyrrole nitrogens is 2. The molecular formula is C45H52N4. The lowest BCUT2D eigenvalue weighted by atomic mass is 9.89. The van der Waals surface area contributed by atoms with E-state index in [2.05, 4.69) is 126 Å². The number of rotatable bonds is 4. The summed E-state index contributed by atoms with van der Waals surface area (Å²) in [6.45, 7) is 8.63. The summed E-state index contributed by atoms with van der Waals surface area (Å²) in [6, 6.07) is 32.9. The monoisotopic (exact) mass is 648 g/mol. The van der Waals surface area contributed by atoms with Gasteiger partial charge in [0.1, 0.15) is 0 Å². The standard InChI is InChI=1S/C23H26N2.C22H26N2/c1-15-5-6-16-7-9-17(10-8-16)14-24-22-4-2-3-19-20-13-18(15)11-12-21(20)25-23(19)22;1-3-16-8-10-17(11-9-16)14-23-21-6-4-5-18-19-13-15(2)7-12-20(19)24-22(18)21/h7-13,15,22,24-25H,2-6,14H2,1H3;7-13,21,23-24H,3-6,14H2,1-2H3. The number of aromatic nitrogens is 2. The molecule has 4 nitrogen and oxygen atoms in total. The third-order valence-electron chi connectivity index (χ3n) is 11.6. The van der Waals surface area contributed by atoms with Crippen LogP contribution in [-0.4, -0.2) is 9.97 Å². The number of hydrogen-bond donors (Lipinski definition) is 4. The zero-order valence-electron chi connectivity index (χ0n) is 29.6. The molecule has 0 fully saturated rings. The van der Waals surface area contributed by atoms with Crippen LogP contribution in [0.2, 0.25) is 0 Å². The van der Waals surface area contributed by atoms with Crippen LogP contribution in [-0.2, 0) is 38.8 Å². The summed E-state index contributed by atoms with van der Waals surface area (Å²) in [5.74, 6) is 0.595. The molecule has 0 saturated heterocycles. The summed E-state index contributed by atoms with van der Waals surface area (Å²) in [6.07, 6.45) is 10.8. The van der Waals surface area contributed by atoms with Crippen molar-refractivity contribution in [1.82, 2.24) is 20.6 Å². The molecule has 2 aliphatic heterocycles. The molecule has 6 aromatic rings. The number of nitrogens with one attached hydrogen (secondary N) is 4. The van der Waals surface area contributed by atoms with E-state index in [9.17, 15) is 0 Å². The zero-order valence-corrected chi connectivity index (χ0v) is 29.6. The fourth-order valence-electron chi connectivity index (χ4n) is 8.52. The third-order valence-corrected chi connectivity index (χ3v) is 11.6. The molecule has 4 heterocycles. The second-order valence-corrected chi connectivity index (χ2v) is 15.0. The molecule has 3 atom stereocenters. The maximum absolute atomic E-state index is 3.80. The number of fused-ring (bicyclic) bond motifs is 8. The average Bonchev–Trinajstić information content (AvgIpc) is 3.71. The fourth-order valence-corrected chi connectivity index (χ4v) is 8.52. The summed E-state index contributed by atoms with van der Waals surface area (Å²) in [7, 11) is 0. The smallest absolute Gasteiger partial charge is 0.0478 e. The minimum absolute atomic E-state index is 0.437. The van der Waals surface area contributed by atoms with Crippen molar-refractivity contribution >= 4 is 21.8 Å². The van der Waals surface area contributed by atoms with Crippen molar-refractivity contribution in [2.75, 3.05) is 0 Å². The molecule has 4 N–H and O–H groups in total. The molecular weight excluding hydrogens is 597 g/mol. The second-order valence-electron chi connectivity index (χ2n) is 15.0. The Kier molecular flexibility index (Phi) is 9.18. The Morgan fingerprint density at radius 2 is 1.35 bits per heavy atom. The van der Waals surface area contributed by atoms with Gasteiger partial charge in [0.2, 0.25) is 0 Å². The van der Waals surface area contributed by atoms with Crippen molar-refractivity contribution in [2.24, 2.45) is 0 Å². The van der Waals surface area contributed by atoms with Crippen LogP contribution in [0.3, 0.4) is 0 Å². The van der Waals surface area contributed by atoms with Crippen LogP contribution in [0.4, 0.5) is 0 Å². The van der Waals surface area contributed by atoms with E-state index in [1.807, 2.05) is 0 Å². The number of aryl methyl sites for hydroxylation is 5. The van der Waals surface area contributed by atoms with E-state index in [-0.39, 0.29) is 0 Å². The van der Waals surface area contributed by atoms with Crippen LogP contribution >= 0.6 is 0 Å². The van der Waals surface area contributed by atoms with Gasteiger partial charge < -0.3 is 20.6 Å². The summed E-state index contributed by atoms with van der Waals surface area (Å²) in [5, 5.41) is 10.5. The molecule has 0 saturated carbocycles. The molecule has 252 valence electrons. The van der Waals surface area contributed by atoms with Crippen molar-refractivity contribution < 1.29 is 0 Å². The van der Waals surface area contributed by atoms with E-state index in [1.165, 1.54) is 117 Å². The Bertz CT molecular complexity index is 2040. The first-order valence-corrected chi connectivity index (χ1v) is 18.9. The van der Waals surface area contributed by atoms with Crippen LogP contribution in [0.5, 0.6) is 0 Å². The van der Waals surface area contributed by atoms with Crippen LogP contribution in [0.15, 0.2) is 84.9 Å². The first-order valence-electron chi connectivity index (χ1n) is 18.9. The molecule has 4 aromatic carbocycles. The summed E-state index contributed by atoms with van der Waals surface area (Å²) in [4.78, 5) is 7.42. The molecule has 49 heavy (non-hydrogen) atoms. The van der Waals surface area contributed by atoms with Gasteiger partial charge in [0.25, 0.3) is 0 Å². The maximum atomic E-state index is 3.80. The van der Waals surface area contributed by atoms with Crippen LogP contribution in [0.1, 0.15) is 120 Å². The van der Waals surface area contributed by atoms with Crippen molar-refractivity contribution in [3.05, 3.63) is 141 Å². The summed E-state index contributed by atoms with van der Waals surface area (Å²) < 4.78 is 0. The van der Waals surface area contributed by atoms with Gasteiger partial charge in [-0.15, -0.1) is 0 Å². The van der Waals surface area contributed by atoms with E-state index in [4.69, 9.17) is 0 Å². The molecule has 0 amide bonds. The minimum atomic E-state index is 0.437. The Labute approximate surface area is 292 Å². The van der Waals surface area contributed by atoms with E-state index in [0.29, 0.717) is 18.0 Å². The van der Waals surface area contributed by atoms with Gasteiger partial charge in [0.05, 0.1) is 0 Å². The summed E-state index contributed by atoms with van der Waals surface area (Å²) in [5.41, 5.74) is 17.0. The van der Waals surface area contributed by atoms with Crippen molar-refractivity contribution in [3.63, 3.8) is 0 Å². The highest BCUT2D eigenvalue weighted by Crippen LogP contribution is 2.37. The topological polar surface area (TPSA) is 55.6 Å². The van der Waals surface area contributed by atoms with Gasteiger partial charge in [-0.05, 0) is 134 Å². The van der Waals surface area contributed by atoms with E-state index >= 15 is 0 Å². The molecule has 2 aromatic heterocycles. The predicted molar refractivity (Wildman–Crippen MR) is 205 cm³/mol. The molecule has 0 spiro atoms. The van der Waals surface area contributed by atoms with Crippen molar-refractivity contribution in [1.29, 1.82) is 0 Å². The molecule has 7 bridgehead atoms. The Morgan fingerprint density at radius 1 is 0.673 bits per heavy atom. The van der Waals surface area contributed by atoms with Crippen LogP contribution in [0, 0.1) is 6.92 Å². The molecule has 10 rings (SSSR count). The summed E-state index contributed by atoms with van der Waals surface area (Å²) >= 11 is 0. The molecule has 4 aliphatic rings. The van der Waals surface area contributed by atoms with Crippen molar-refractivity contribution in [2.45, 2.75) is 110 Å². The maximum Gasteiger partial charge on any atom is 0.0478 e. The molecule has 4 heteroatoms. The minimum Gasteiger partial charge on any atom is -0.357 e. The van der Waals surface area contributed by atoms with Crippen LogP contribution < -0.4 is 10.6 Å². The first kappa shape index (κ1) is 32.1. The Morgan fingerprint density at radius 3 is 2.14 bits per heavy atom. The van der Waals surface area contributed by atoms with Gasteiger partial charge in [0.15, 0.2) is 0 Å². The molecule has 0 radical (unpaired) electrons. The fraction of sp³-hybridized carbons (Fsp3) is 0.378. The van der Waals surface area contributed by atoms with Gasteiger partial charge in [0, 0.05) is 58.4 Å². The van der Waals surface area contributed by atoms with Gasteiger partial charge in [-0.25, -0.2) is 0 Å². The van der Waals surface area contributed by atoms with E-state index < -0.39 is 0 Å². The lowest BCUT2D eigenvalue weighted by molar-refractivity contribution is 0.452. The van der Waals surface area contributed by atoms with Crippen LogP contribution in [0.25, 0.3) is 21.8 Å². The Balaban J connectivity index is 0.000000142. The quantitative estimate of drug-likeness (QED) is 0.154. The van der Waals surface area contributed by atoms with E-state index in [0.717, 1.165) is 25.9 Å². The van der Waals surface area contributed by atoms with Crippen molar-refractivity contribution in [3.8, 4) is 0 Å². The van der Waals surface area contributed by atoms with Gasteiger partial charge in [-0.2, -0.15) is 0 Å². The number of hydrogen-bond acceptors (Lipinski definition) is 2. The highest BCUT2D eigenvalue weighted by atomic mass is 15.0. The highest BCUT2D eigenvalue weighted by Gasteiger charge is 2.25. The SMILES string of the molecule is CC1CCc2ccc(cc2)CNC2CCCc3c2[nH]c2ccc1cc32.CCc1ccc(CNC2CCCc3c2[nH]c2ccc(C)cc32)cc1. The first-order chi connectivity index (χ1) is 24.0. The number of aromatic amines is 2. The van der Waals surface area contributed by atoms with Gasteiger partial charge in [-0.3, -0.25) is 0 Å². The second kappa shape index (κ2) is 14.0. The third kappa shape index (κ3) is 6.74. The average molecular weight is 649 g/mol. The number of benzene rings is 4. The Hall–Kier alpha value is -4.12. The zero-order chi connectivity index (χ0) is 33.3. The molecule has 3 unspecified atom stereocenters. The van der Waals surface area contributed by atoms with Gasteiger partial charge in [-0.1, -0.05) is 80.1 Å².